The Balaban J connectivity index is 1.96. The minimum atomic E-state index is -1.56. The molecule has 4 rings (SSSR count). The summed E-state index contributed by atoms with van der Waals surface area (Å²) in [6.45, 7) is 0. The maximum absolute atomic E-state index is 11.6. The summed E-state index contributed by atoms with van der Waals surface area (Å²) in [6.07, 6.45) is 4.51. The summed E-state index contributed by atoms with van der Waals surface area (Å²) in [5, 5.41) is 21.5. The lowest BCUT2D eigenvalue weighted by atomic mass is 9.85. The first kappa shape index (κ1) is 15.1. The Bertz CT molecular complexity index is 1030. The first-order valence-corrected chi connectivity index (χ1v) is 7.69. The lowest BCUT2D eigenvalue weighted by molar-refractivity contribution is 0.100. The van der Waals surface area contributed by atoms with Crippen LogP contribution < -0.4 is 0 Å². The summed E-state index contributed by atoms with van der Waals surface area (Å²) in [5.41, 5.74) is 0.689. The van der Waals surface area contributed by atoms with Crippen LogP contribution in [0, 0.1) is 11.3 Å². The average Bonchev–Trinajstić information content (AvgIpc) is 3.13. The van der Waals surface area contributed by atoms with Gasteiger partial charge in [0.05, 0.1) is 11.6 Å². The lowest BCUT2D eigenvalue weighted by Crippen LogP contribution is -2.28. The van der Waals surface area contributed by atoms with E-state index < -0.39 is 5.60 Å². The molecule has 1 N–H and O–H groups in total. The van der Waals surface area contributed by atoms with E-state index in [9.17, 15) is 5.11 Å². The third-order valence-corrected chi connectivity index (χ3v) is 4.19. The molecule has 0 aliphatic heterocycles. The van der Waals surface area contributed by atoms with Gasteiger partial charge in [0.25, 0.3) is 0 Å². The zero-order valence-electron chi connectivity index (χ0n) is 13.1. The van der Waals surface area contributed by atoms with E-state index in [2.05, 4.69) is 16.0 Å². The first-order valence-electron chi connectivity index (χ1n) is 7.69. The van der Waals surface area contributed by atoms with Crippen LogP contribution in [0.3, 0.4) is 0 Å². The zero-order valence-corrected chi connectivity index (χ0v) is 13.1. The van der Waals surface area contributed by atoms with E-state index in [1.54, 1.807) is 42.7 Å². The van der Waals surface area contributed by atoms with Gasteiger partial charge >= 0.3 is 0 Å². The molecule has 5 heteroatoms. The molecule has 0 saturated carbocycles. The van der Waals surface area contributed by atoms with Crippen LogP contribution >= 0.6 is 0 Å². The largest absolute Gasteiger partial charge is 0.457 e. The molecule has 2 heterocycles. The van der Waals surface area contributed by atoms with Crippen molar-refractivity contribution in [3.63, 3.8) is 0 Å². The molecular formula is C20H13N3O2. The van der Waals surface area contributed by atoms with Gasteiger partial charge in [-0.15, -0.1) is 0 Å². The Hall–Kier alpha value is -3.49. The second-order valence-electron chi connectivity index (χ2n) is 5.68. The second kappa shape index (κ2) is 5.86. The highest BCUT2D eigenvalue weighted by molar-refractivity contribution is 5.78. The number of aromatic nitrogens is 2. The van der Waals surface area contributed by atoms with Gasteiger partial charge in [-0.3, -0.25) is 0 Å². The molecule has 5 nitrogen and oxygen atoms in total. The number of fused-ring (bicyclic) bond motifs is 1. The number of rotatable bonds is 3. The van der Waals surface area contributed by atoms with Gasteiger partial charge < -0.3 is 9.52 Å². The van der Waals surface area contributed by atoms with Crippen LogP contribution in [0.25, 0.3) is 11.0 Å². The van der Waals surface area contributed by atoms with Gasteiger partial charge in [0.15, 0.2) is 5.60 Å². The summed E-state index contributed by atoms with van der Waals surface area (Å²) >= 11 is 0. The van der Waals surface area contributed by atoms with Crippen LogP contribution in [-0.2, 0) is 5.60 Å². The minimum Gasteiger partial charge on any atom is -0.457 e. The summed E-state index contributed by atoms with van der Waals surface area (Å²) in [6, 6.07) is 18.2. The fourth-order valence-electron chi connectivity index (χ4n) is 2.88. The number of aliphatic hydroxyl groups is 1. The molecule has 2 aromatic carbocycles. The number of para-hydroxylation sites is 1. The van der Waals surface area contributed by atoms with Crippen molar-refractivity contribution in [1.82, 2.24) is 9.97 Å². The van der Waals surface area contributed by atoms with Crippen molar-refractivity contribution in [3.8, 4) is 6.07 Å². The molecule has 0 saturated heterocycles. The number of hydrogen-bond acceptors (Lipinski definition) is 5. The molecule has 0 amide bonds. The maximum atomic E-state index is 11.6. The Labute approximate surface area is 143 Å². The van der Waals surface area contributed by atoms with Crippen LogP contribution in [0.5, 0.6) is 0 Å². The highest BCUT2D eigenvalue weighted by Gasteiger charge is 2.38. The van der Waals surface area contributed by atoms with E-state index in [0.29, 0.717) is 28.0 Å². The monoisotopic (exact) mass is 327 g/mol. The standard InChI is InChI=1S/C20H13N3O2/c21-10-14-5-7-16(8-6-14)20(24,17-11-22-13-23-12-17)19-9-15-3-1-2-4-18(15)25-19/h1-9,11-13,24H. The summed E-state index contributed by atoms with van der Waals surface area (Å²) in [4.78, 5) is 8.05. The van der Waals surface area contributed by atoms with Gasteiger partial charge in [-0.05, 0) is 29.8 Å². The zero-order chi connectivity index (χ0) is 17.3. The number of nitrogens with zero attached hydrogens (tertiary/aromatic N) is 3. The van der Waals surface area contributed by atoms with Gasteiger partial charge in [-0.2, -0.15) is 5.26 Å². The second-order valence-corrected chi connectivity index (χ2v) is 5.68. The van der Waals surface area contributed by atoms with Crippen molar-refractivity contribution in [2.45, 2.75) is 5.60 Å². The summed E-state index contributed by atoms with van der Waals surface area (Å²) in [5.74, 6) is 0.369. The first-order chi connectivity index (χ1) is 12.2. The van der Waals surface area contributed by atoms with Gasteiger partial charge in [-0.25, -0.2) is 9.97 Å². The van der Waals surface area contributed by atoms with Crippen LogP contribution in [0.4, 0.5) is 0 Å². The molecule has 2 aromatic heterocycles. The molecule has 1 unspecified atom stereocenters. The van der Waals surface area contributed by atoms with Crippen LogP contribution in [0.1, 0.15) is 22.5 Å². The van der Waals surface area contributed by atoms with Crippen molar-refractivity contribution in [2.24, 2.45) is 0 Å². The Morgan fingerprint density at radius 2 is 1.68 bits per heavy atom. The quantitative estimate of drug-likeness (QED) is 0.624. The molecule has 0 spiro atoms. The van der Waals surface area contributed by atoms with E-state index in [1.165, 1.54) is 6.33 Å². The predicted molar refractivity (Wildman–Crippen MR) is 91.5 cm³/mol. The van der Waals surface area contributed by atoms with E-state index in [1.807, 2.05) is 24.3 Å². The molecule has 1 atom stereocenters. The Kier molecular flexibility index (Phi) is 3.53. The van der Waals surface area contributed by atoms with Gasteiger partial charge in [0.2, 0.25) is 0 Å². The molecule has 0 aliphatic carbocycles. The van der Waals surface area contributed by atoms with E-state index in [-0.39, 0.29) is 0 Å². The normalized spacial score (nSPS) is 13.3. The maximum Gasteiger partial charge on any atom is 0.176 e. The third-order valence-electron chi connectivity index (χ3n) is 4.19. The fraction of sp³-hybridized carbons (Fsp3) is 0.0500. The van der Waals surface area contributed by atoms with Crippen LogP contribution in [0.15, 0.2) is 77.7 Å². The number of nitriles is 1. The third kappa shape index (κ3) is 2.45. The highest BCUT2D eigenvalue weighted by Crippen LogP contribution is 2.38. The molecule has 0 radical (unpaired) electrons. The topological polar surface area (TPSA) is 82.9 Å². The molecular weight excluding hydrogens is 314 g/mol. The molecule has 0 fully saturated rings. The fourth-order valence-corrected chi connectivity index (χ4v) is 2.88. The smallest absolute Gasteiger partial charge is 0.176 e. The van der Waals surface area contributed by atoms with E-state index in [0.717, 1.165) is 5.39 Å². The number of hydrogen-bond donors (Lipinski definition) is 1. The average molecular weight is 327 g/mol. The summed E-state index contributed by atoms with van der Waals surface area (Å²) < 4.78 is 5.93. The molecule has 25 heavy (non-hydrogen) atoms. The van der Waals surface area contributed by atoms with Crippen molar-refractivity contribution < 1.29 is 9.52 Å². The predicted octanol–water partition coefficient (Wildman–Crippen LogP) is 3.38. The van der Waals surface area contributed by atoms with E-state index in [4.69, 9.17) is 9.68 Å². The summed E-state index contributed by atoms with van der Waals surface area (Å²) in [7, 11) is 0. The molecule has 0 bridgehead atoms. The van der Waals surface area contributed by atoms with E-state index >= 15 is 0 Å². The Morgan fingerprint density at radius 3 is 2.36 bits per heavy atom. The van der Waals surface area contributed by atoms with Crippen molar-refractivity contribution in [3.05, 3.63) is 95.8 Å². The highest BCUT2D eigenvalue weighted by atomic mass is 16.4. The van der Waals surface area contributed by atoms with Crippen LogP contribution in [0.2, 0.25) is 0 Å². The molecule has 120 valence electrons. The van der Waals surface area contributed by atoms with Gasteiger partial charge in [-0.1, -0.05) is 30.3 Å². The van der Waals surface area contributed by atoms with Gasteiger partial charge in [0, 0.05) is 23.3 Å². The van der Waals surface area contributed by atoms with Crippen molar-refractivity contribution in [1.29, 1.82) is 5.26 Å². The lowest BCUT2D eigenvalue weighted by Gasteiger charge is -2.26. The minimum absolute atomic E-state index is 0.369. The van der Waals surface area contributed by atoms with Crippen molar-refractivity contribution >= 4 is 11.0 Å². The molecule has 0 aliphatic rings. The Morgan fingerprint density at radius 1 is 0.960 bits per heavy atom. The van der Waals surface area contributed by atoms with Crippen molar-refractivity contribution in [2.75, 3.05) is 0 Å². The molecule has 4 aromatic rings. The van der Waals surface area contributed by atoms with Gasteiger partial charge in [0.1, 0.15) is 17.7 Å². The SMILES string of the molecule is N#Cc1ccc(C(O)(c2cncnc2)c2cc3ccccc3o2)cc1. The number of benzene rings is 2. The van der Waals surface area contributed by atoms with Crippen LogP contribution in [-0.4, -0.2) is 15.1 Å². The number of furan rings is 1.